The third kappa shape index (κ3) is 5.72. The van der Waals surface area contributed by atoms with Gasteiger partial charge in [-0.05, 0) is 48.5 Å². The number of anilines is 2. The van der Waals surface area contributed by atoms with E-state index in [4.69, 9.17) is 0 Å². The maximum absolute atomic E-state index is 13.2. The highest BCUT2D eigenvalue weighted by Crippen LogP contribution is 2.37. The van der Waals surface area contributed by atoms with Crippen LogP contribution >= 0.6 is 0 Å². The first kappa shape index (κ1) is 26.7. The fourth-order valence-corrected chi connectivity index (χ4v) is 9.66. The number of sulfone groups is 2. The lowest BCUT2D eigenvalue weighted by Gasteiger charge is -2.50. The molecule has 14 heteroatoms. The van der Waals surface area contributed by atoms with E-state index in [-0.39, 0.29) is 36.1 Å². The molecule has 2 amide bonds. The summed E-state index contributed by atoms with van der Waals surface area (Å²) in [5, 5.41) is 5.28. The van der Waals surface area contributed by atoms with Crippen molar-refractivity contribution in [2.24, 2.45) is 0 Å². The molecule has 10 nitrogen and oxygen atoms in total. The molecule has 5 rings (SSSR count). The number of nitrogens with zero attached hydrogens (tertiary/aromatic N) is 2. The first-order valence-electron chi connectivity index (χ1n) is 11.9. The predicted molar refractivity (Wildman–Crippen MR) is 136 cm³/mol. The number of piperazine rings is 1. The second-order valence-electron chi connectivity index (χ2n) is 9.88. The van der Waals surface area contributed by atoms with E-state index < -0.39 is 67.3 Å². The summed E-state index contributed by atoms with van der Waals surface area (Å²) in [5.74, 6) is -3.04. The van der Waals surface area contributed by atoms with Crippen molar-refractivity contribution in [3.05, 3.63) is 60.2 Å². The number of benzene rings is 2. The number of rotatable bonds is 6. The van der Waals surface area contributed by atoms with Crippen LogP contribution in [-0.4, -0.2) is 98.7 Å². The van der Waals surface area contributed by atoms with E-state index in [9.17, 15) is 35.2 Å². The zero-order chi connectivity index (χ0) is 27.2. The zero-order valence-electron chi connectivity index (χ0n) is 20.1. The summed E-state index contributed by atoms with van der Waals surface area (Å²) in [6, 6.07) is 7.48. The van der Waals surface area contributed by atoms with Crippen LogP contribution in [0.15, 0.2) is 48.5 Å². The third-order valence-electron chi connectivity index (χ3n) is 7.20. The molecular weight excluding hydrogens is 542 g/mol. The second-order valence-corrected chi connectivity index (χ2v) is 14.2. The van der Waals surface area contributed by atoms with Gasteiger partial charge in [0, 0.05) is 35.5 Å². The van der Waals surface area contributed by atoms with Crippen molar-refractivity contribution in [1.29, 1.82) is 0 Å². The number of nitrogens with one attached hydrogen (secondary N) is 2. The van der Waals surface area contributed by atoms with E-state index in [0.29, 0.717) is 11.4 Å². The number of hydrogen-bond acceptors (Lipinski definition) is 8. The molecule has 4 atom stereocenters. The van der Waals surface area contributed by atoms with E-state index >= 15 is 0 Å². The topological polar surface area (TPSA) is 133 Å². The SMILES string of the molecule is O=C(CN1C2CS(=O)(=O)CC2N(CC(=O)Nc2ccc(F)cc2)C2CS(=O)(=O)CC21)Nc1ccc(F)cc1. The van der Waals surface area contributed by atoms with Gasteiger partial charge in [0.1, 0.15) is 11.6 Å². The minimum absolute atomic E-state index is 0.264. The molecular formula is C24H26F2N4O6S2. The average Bonchev–Trinajstić information content (AvgIpc) is 3.33. The monoisotopic (exact) mass is 568 g/mol. The average molecular weight is 569 g/mol. The first-order valence-corrected chi connectivity index (χ1v) is 15.6. The molecule has 2 aromatic carbocycles. The van der Waals surface area contributed by atoms with E-state index in [0.717, 1.165) is 0 Å². The number of amides is 2. The largest absolute Gasteiger partial charge is 0.325 e. The maximum atomic E-state index is 13.2. The molecule has 3 heterocycles. The summed E-state index contributed by atoms with van der Waals surface area (Å²) in [7, 11) is -7.07. The van der Waals surface area contributed by atoms with Crippen LogP contribution in [-0.2, 0) is 29.3 Å². The molecule has 4 unspecified atom stereocenters. The molecule has 3 saturated heterocycles. The summed E-state index contributed by atoms with van der Waals surface area (Å²) in [4.78, 5) is 29.1. The maximum Gasteiger partial charge on any atom is 0.238 e. The van der Waals surface area contributed by atoms with Crippen LogP contribution in [0.5, 0.6) is 0 Å². The second kappa shape index (κ2) is 9.98. The zero-order valence-corrected chi connectivity index (χ0v) is 21.7. The fourth-order valence-electron chi connectivity index (χ4n) is 5.65. The molecule has 0 spiro atoms. The van der Waals surface area contributed by atoms with E-state index in [1.807, 2.05) is 0 Å². The normalized spacial score (nSPS) is 27.8. The van der Waals surface area contributed by atoms with Crippen LogP contribution in [0.2, 0.25) is 0 Å². The van der Waals surface area contributed by atoms with Crippen molar-refractivity contribution in [2.45, 2.75) is 24.2 Å². The van der Waals surface area contributed by atoms with Gasteiger partial charge in [-0.3, -0.25) is 19.4 Å². The minimum Gasteiger partial charge on any atom is -0.325 e. The quantitative estimate of drug-likeness (QED) is 0.515. The Hall–Kier alpha value is -2.94. The van der Waals surface area contributed by atoms with Gasteiger partial charge in [0.15, 0.2) is 19.7 Å². The van der Waals surface area contributed by atoms with Crippen LogP contribution in [0.4, 0.5) is 20.2 Å². The van der Waals surface area contributed by atoms with Crippen LogP contribution in [0.1, 0.15) is 0 Å². The van der Waals surface area contributed by atoms with Crippen molar-refractivity contribution >= 4 is 42.9 Å². The molecule has 0 bridgehead atoms. The molecule has 3 fully saturated rings. The summed E-state index contributed by atoms with van der Waals surface area (Å²) < 4.78 is 77.3. The Morgan fingerprint density at radius 3 is 1.21 bits per heavy atom. The number of carbonyl (C=O) groups excluding carboxylic acids is 2. The highest BCUT2D eigenvalue weighted by molar-refractivity contribution is 7.92. The molecule has 3 aliphatic rings. The predicted octanol–water partition coefficient (Wildman–Crippen LogP) is 0.491. The van der Waals surface area contributed by atoms with Gasteiger partial charge < -0.3 is 10.6 Å². The van der Waals surface area contributed by atoms with Crippen molar-refractivity contribution < 1.29 is 35.2 Å². The Balaban J connectivity index is 1.39. The highest BCUT2D eigenvalue weighted by atomic mass is 32.2. The molecule has 38 heavy (non-hydrogen) atoms. The fraction of sp³-hybridized carbons (Fsp3) is 0.417. The van der Waals surface area contributed by atoms with Crippen LogP contribution in [0, 0.1) is 11.6 Å². The molecule has 3 aliphatic heterocycles. The van der Waals surface area contributed by atoms with Gasteiger partial charge in [-0.2, -0.15) is 0 Å². The number of halogens is 2. The van der Waals surface area contributed by atoms with E-state index in [1.165, 1.54) is 48.5 Å². The third-order valence-corrected chi connectivity index (χ3v) is 10.6. The lowest BCUT2D eigenvalue weighted by molar-refractivity contribution is -0.125. The lowest BCUT2D eigenvalue weighted by Crippen LogP contribution is -2.69. The van der Waals surface area contributed by atoms with Crippen molar-refractivity contribution in [3.63, 3.8) is 0 Å². The van der Waals surface area contributed by atoms with Crippen LogP contribution < -0.4 is 10.6 Å². The Morgan fingerprint density at radius 2 is 0.921 bits per heavy atom. The van der Waals surface area contributed by atoms with Crippen molar-refractivity contribution in [1.82, 2.24) is 9.80 Å². The molecule has 204 valence electrons. The van der Waals surface area contributed by atoms with Gasteiger partial charge in [0.05, 0.1) is 36.1 Å². The van der Waals surface area contributed by atoms with E-state index in [1.54, 1.807) is 9.80 Å². The number of hydrogen-bond donors (Lipinski definition) is 2. The summed E-state index contributed by atoms with van der Waals surface area (Å²) in [6.07, 6.45) is 0. The van der Waals surface area contributed by atoms with Gasteiger partial charge in [-0.15, -0.1) is 0 Å². The Bertz CT molecular complexity index is 1300. The smallest absolute Gasteiger partial charge is 0.238 e. The Morgan fingerprint density at radius 1 is 0.632 bits per heavy atom. The van der Waals surface area contributed by atoms with Crippen LogP contribution in [0.3, 0.4) is 0 Å². The van der Waals surface area contributed by atoms with Gasteiger partial charge in [0.25, 0.3) is 0 Å². The van der Waals surface area contributed by atoms with Gasteiger partial charge >= 0.3 is 0 Å². The van der Waals surface area contributed by atoms with Gasteiger partial charge in [0.2, 0.25) is 11.8 Å². The van der Waals surface area contributed by atoms with Crippen molar-refractivity contribution in [2.75, 3.05) is 46.7 Å². The number of carbonyl (C=O) groups is 2. The summed E-state index contributed by atoms with van der Waals surface area (Å²) >= 11 is 0. The summed E-state index contributed by atoms with van der Waals surface area (Å²) in [6.45, 7) is -0.527. The van der Waals surface area contributed by atoms with Gasteiger partial charge in [-0.25, -0.2) is 25.6 Å². The lowest BCUT2D eigenvalue weighted by atomic mass is 9.94. The first-order chi connectivity index (χ1) is 17.9. The molecule has 0 aliphatic carbocycles. The minimum atomic E-state index is -3.53. The molecule has 0 saturated carbocycles. The molecule has 0 radical (unpaired) electrons. The molecule has 0 aromatic heterocycles. The Kier molecular flexibility index (Phi) is 7.00. The van der Waals surface area contributed by atoms with Crippen LogP contribution in [0.25, 0.3) is 0 Å². The summed E-state index contributed by atoms with van der Waals surface area (Å²) in [5.41, 5.74) is 0.692. The standard InChI is InChI=1S/C24H26F2N4O6S2/c25-15-1-5-17(6-2-15)27-23(31)9-29-19-11-37(33,34)13-21(19)30(22-14-38(35,36)12-20(22)29)10-24(32)28-18-7-3-16(26)4-8-18/h1-8,19-22H,9-14H2,(H,27,31)(H,28,32). The molecule has 2 N–H and O–H groups in total. The van der Waals surface area contributed by atoms with E-state index in [2.05, 4.69) is 10.6 Å². The van der Waals surface area contributed by atoms with Gasteiger partial charge in [-0.1, -0.05) is 0 Å². The molecule has 2 aromatic rings. The van der Waals surface area contributed by atoms with Crippen molar-refractivity contribution in [3.8, 4) is 0 Å². The highest BCUT2D eigenvalue weighted by Gasteiger charge is 2.58. The number of fused-ring (bicyclic) bond motifs is 2. The Labute approximate surface area is 218 Å².